The molecule has 3 atom stereocenters. The number of fused-ring (bicyclic) bond motifs is 1. The van der Waals surface area contributed by atoms with Crippen LogP contribution in [0.1, 0.15) is 56.9 Å². The maximum absolute atomic E-state index is 13.0. The van der Waals surface area contributed by atoms with Gasteiger partial charge in [-0.2, -0.15) is 5.26 Å². The monoisotopic (exact) mass is 346 g/mol. The number of carbonyl (C=O) groups excluding carboxylic acids is 1. The van der Waals surface area contributed by atoms with Crippen molar-refractivity contribution in [3.8, 4) is 11.8 Å². The quantitative estimate of drug-likeness (QED) is 0.862. The summed E-state index contributed by atoms with van der Waals surface area (Å²) in [6.07, 6.45) is 3.90. The van der Waals surface area contributed by atoms with E-state index < -0.39 is 23.2 Å². The van der Waals surface area contributed by atoms with Crippen molar-refractivity contribution in [2.75, 3.05) is 0 Å². The minimum absolute atomic E-state index is 0.129. The summed E-state index contributed by atoms with van der Waals surface area (Å²) in [6.45, 7) is 3.63. The molecule has 128 valence electrons. The lowest BCUT2D eigenvalue weighted by atomic mass is 9.88. The molecule has 2 saturated carbocycles. The van der Waals surface area contributed by atoms with Crippen molar-refractivity contribution in [2.24, 2.45) is 10.8 Å². The van der Waals surface area contributed by atoms with Gasteiger partial charge in [-0.25, -0.2) is 0 Å². The van der Waals surface area contributed by atoms with E-state index in [0.717, 1.165) is 30.6 Å². The fourth-order valence-electron chi connectivity index (χ4n) is 4.57. The molecule has 0 bridgehead atoms. The van der Waals surface area contributed by atoms with Crippen LogP contribution < -0.4 is 10.1 Å². The third kappa shape index (κ3) is 1.98. The molecule has 0 saturated heterocycles. The van der Waals surface area contributed by atoms with Gasteiger partial charge in [0.15, 0.2) is 0 Å². The number of rotatable bonds is 2. The van der Waals surface area contributed by atoms with Gasteiger partial charge < -0.3 is 15.2 Å². The summed E-state index contributed by atoms with van der Waals surface area (Å²) in [4.78, 5) is 13.8. The van der Waals surface area contributed by atoms with Crippen LogP contribution in [-0.2, 0) is 4.79 Å². The highest BCUT2D eigenvalue weighted by molar-refractivity contribution is 7.10. The number of amides is 1. The minimum atomic E-state index is -0.914. The highest BCUT2D eigenvalue weighted by Gasteiger charge is 2.73. The molecule has 1 amide bonds. The molecule has 2 N–H and O–H groups in total. The fraction of sp³-hybridized carbons (Fsp3) is 0.667. The van der Waals surface area contributed by atoms with Crippen LogP contribution in [0.3, 0.4) is 0 Å². The van der Waals surface area contributed by atoms with Gasteiger partial charge in [0.1, 0.15) is 22.9 Å². The lowest BCUT2D eigenvalue weighted by molar-refractivity contribution is -0.130. The molecule has 6 heteroatoms. The molecule has 1 spiro atoms. The summed E-state index contributed by atoms with van der Waals surface area (Å²) in [7, 11) is 0. The van der Waals surface area contributed by atoms with Crippen molar-refractivity contribution < 1.29 is 14.6 Å². The van der Waals surface area contributed by atoms with E-state index in [1.807, 2.05) is 25.3 Å². The number of aliphatic hydroxyl groups excluding tert-OH is 1. The van der Waals surface area contributed by atoms with Gasteiger partial charge in [0.25, 0.3) is 0 Å². The molecule has 3 aliphatic rings. The van der Waals surface area contributed by atoms with E-state index in [2.05, 4.69) is 11.4 Å². The van der Waals surface area contributed by atoms with Gasteiger partial charge in [0, 0.05) is 5.41 Å². The molecule has 1 aromatic heterocycles. The van der Waals surface area contributed by atoms with E-state index in [4.69, 9.17) is 4.74 Å². The Bertz CT molecular complexity index is 729. The Balaban J connectivity index is 1.61. The van der Waals surface area contributed by atoms with E-state index in [-0.39, 0.29) is 11.3 Å². The molecule has 0 aromatic carbocycles. The smallest absolute Gasteiger partial charge is 0.241 e. The predicted molar refractivity (Wildman–Crippen MR) is 89.5 cm³/mol. The molecule has 0 radical (unpaired) electrons. The number of nitrogens with zero attached hydrogens (tertiary/aromatic N) is 1. The normalized spacial score (nSPS) is 34.9. The van der Waals surface area contributed by atoms with E-state index >= 15 is 0 Å². The average molecular weight is 346 g/mol. The van der Waals surface area contributed by atoms with Crippen LogP contribution in [0.4, 0.5) is 0 Å². The minimum Gasteiger partial charge on any atom is -0.484 e. The molecule has 2 heterocycles. The molecular weight excluding hydrogens is 324 g/mol. The number of nitriles is 1. The fourth-order valence-corrected chi connectivity index (χ4v) is 5.46. The summed E-state index contributed by atoms with van der Waals surface area (Å²) < 4.78 is 5.85. The molecule has 1 aliphatic heterocycles. The summed E-state index contributed by atoms with van der Waals surface area (Å²) in [5.41, 5.74) is -1.83. The topological polar surface area (TPSA) is 82.3 Å². The Hall–Kier alpha value is -1.58. The van der Waals surface area contributed by atoms with Crippen LogP contribution in [0.15, 0.2) is 11.4 Å². The SMILES string of the molecule is CC1(C)Oc2ccsc2[C@@H](NC(=O)C2(C#N)CC23CCCC3)[C@@H]1O. The number of ether oxygens (including phenoxy) is 1. The largest absolute Gasteiger partial charge is 0.484 e. The molecule has 1 aromatic rings. The Morgan fingerprint density at radius 1 is 1.46 bits per heavy atom. The average Bonchev–Trinajstić information content (AvgIpc) is 2.84. The molecule has 2 aliphatic carbocycles. The van der Waals surface area contributed by atoms with E-state index in [9.17, 15) is 15.2 Å². The Labute approximate surface area is 145 Å². The lowest BCUT2D eigenvalue weighted by Gasteiger charge is -2.41. The van der Waals surface area contributed by atoms with E-state index in [1.54, 1.807) is 0 Å². The second kappa shape index (κ2) is 4.96. The zero-order valence-electron chi connectivity index (χ0n) is 14.0. The number of hydrogen-bond acceptors (Lipinski definition) is 5. The van der Waals surface area contributed by atoms with Crippen LogP contribution >= 0.6 is 11.3 Å². The first-order chi connectivity index (χ1) is 11.4. The molecule has 4 rings (SSSR count). The highest BCUT2D eigenvalue weighted by atomic mass is 32.1. The number of aliphatic hydroxyl groups is 1. The summed E-state index contributed by atoms with van der Waals surface area (Å²) >= 11 is 1.46. The number of hydrogen-bond donors (Lipinski definition) is 2. The van der Waals surface area contributed by atoms with Gasteiger partial charge in [-0.1, -0.05) is 12.8 Å². The lowest BCUT2D eigenvalue weighted by Crippen LogP contribution is -2.54. The van der Waals surface area contributed by atoms with Crippen molar-refractivity contribution >= 4 is 17.2 Å². The van der Waals surface area contributed by atoms with Crippen molar-refractivity contribution in [1.82, 2.24) is 5.32 Å². The first kappa shape index (κ1) is 15.9. The predicted octanol–water partition coefficient (Wildman–Crippen LogP) is 2.91. The summed E-state index contributed by atoms with van der Waals surface area (Å²) in [5.74, 6) is 0.478. The zero-order valence-corrected chi connectivity index (χ0v) is 14.8. The van der Waals surface area contributed by atoms with Crippen LogP contribution in [0, 0.1) is 22.2 Å². The maximum Gasteiger partial charge on any atom is 0.241 e. The summed E-state index contributed by atoms with van der Waals surface area (Å²) in [6, 6.07) is 3.64. The Morgan fingerprint density at radius 3 is 2.83 bits per heavy atom. The highest BCUT2D eigenvalue weighted by Crippen LogP contribution is 2.71. The molecule has 5 nitrogen and oxygen atoms in total. The Kier molecular flexibility index (Phi) is 3.29. The van der Waals surface area contributed by atoms with Crippen molar-refractivity contribution in [2.45, 2.75) is 63.7 Å². The van der Waals surface area contributed by atoms with Gasteiger partial charge in [-0.15, -0.1) is 11.3 Å². The van der Waals surface area contributed by atoms with Crippen molar-refractivity contribution in [3.05, 3.63) is 16.3 Å². The second-order valence-corrected chi connectivity index (χ2v) is 8.88. The second-order valence-electron chi connectivity index (χ2n) is 7.93. The van der Waals surface area contributed by atoms with Crippen LogP contribution in [-0.4, -0.2) is 22.7 Å². The van der Waals surface area contributed by atoms with Gasteiger partial charge in [0.2, 0.25) is 5.91 Å². The van der Waals surface area contributed by atoms with Crippen LogP contribution in [0.25, 0.3) is 0 Å². The third-order valence-corrected chi connectivity index (χ3v) is 7.13. The zero-order chi connectivity index (χ0) is 17.2. The number of thiophene rings is 1. The van der Waals surface area contributed by atoms with Crippen LogP contribution in [0.5, 0.6) is 5.75 Å². The first-order valence-corrected chi connectivity index (χ1v) is 9.40. The van der Waals surface area contributed by atoms with E-state index in [1.165, 1.54) is 11.3 Å². The van der Waals surface area contributed by atoms with E-state index in [0.29, 0.717) is 12.2 Å². The van der Waals surface area contributed by atoms with Gasteiger partial charge in [-0.3, -0.25) is 4.79 Å². The molecular formula is C18H22N2O3S. The molecule has 1 unspecified atom stereocenters. The maximum atomic E-state index is 13.0. The number of carbonyl (C=O) groups is 1. The standard InChI is InChI=1S/C18H22N2O3S/c1-16(2)14(21)12(13-11(23-16)5-8-24-13)20-15(22)18(10-19)9-17(18)6-3-4-7-17/h5,8,12,14,21H,3-4,6-7,9H2,1-2H3,(H,20,22)/t12-,14+,18?/m1/s1. The van der Waals surface area contributed by atoms with Gasteiger partial charge >= 0.3 is 0 Å². The van der Waals surface area contributed by atoms with Crippen molar-refractivity contribution in [3.63, 3.8) is 0 Å². The molecule has 2 fully saturated rings. The number of nitrogens with one attached hydrogen (secondary N) is 1. The van der Waals surface area contributed by atoms with Gasteiger partial charge in [-0.05, 0) is 44.6 Å². The Morgan fingerprint density at radius 2 is 2.17 bits per heavy atom. The van der Waals surface area contributed by atoms with Gasteiger partial charge in [0.05, 0.1) is 17.0 Å². The third-order valence-electron chi connectivity index (χ3n) is 6.15. The van der Waals surface area contributed by atoms with Crippen molar-refractivity contribution in [1.29, 1.82) is 5.26 Å². The summed E-state index contributed by atoms with van der Waals surface area (Å²) in [5, 5.41) is 25.3. The molecule has 24 heavy (non-hydrogen) atoms. The van der Waals surface area contributed by atoms with Crippen LogP contribution in [0.2, 0.25) is 0 Å². The first-order valence-electron chi connectivity index (χ1n) is 8.52.